The zero-order valence-corrected chi connectivity index (χ0v) is 7.53. The molecule has 0 bridgehead atoms. The summed E-state index contributed by atoms with van der Waals surface area (Å²) in [6.07, 6.45) is 2.48. The van der Waals surface area contributed by atoms with Gasteiger partial charge in [0, 0.05) is 19.1 Å². The van der Waals surface area contributed by atoms with E-state index in [9.17, 15) is 4.79 Å². The van der Waals surface area contributed by atoms with Crippen LogP contribution in [0.4, 0.5) is 0 Å². The number of nitrogens with one attached hydrogen (secondary N) is 1. The van der Waals surface area contributed by atoms with Crippen molar-refractivity contribution in [2.24, 2.45) is 5.92 Å². The molecule has 74 valence electrons. The third-order valence-electron chi connectivity index (χ3n) is 2.18. The van der Waals surface area contributed by atoms with Crippen LogP contribution in [-0.4, -0.2) is 36.9 Å². The minimum Gasteiger partial charge on any atom is -0.480 e. The van der Waals surface area contributed by atoms with E-state index in [0.717, 1.165) is 6.42 Å². The van der Waals surface area contributed by atoms with Gasteiger partial charge < -0.3 is 15.2 Å². The fourth-order valence-electron chi connectivity index (χ4n) is 1.48. The second kappa shape index (κ2) is 4.99. The van der Waals surface area contributed by atoms with Crippen LogP contribution in [0.3, 0.4) is 0 Å². The Morgan fingerprint density at radius 3 is 3.08 bits per heavy atom. The molecule has 0 aromatic rings. The van der Waals surface area contributed by atoms with Gasteiger partial charge in [0.2, 0.25) is 0 Å². The summed E-state index contributed by atoms with van der Waals surface area (Å²) >= 11 is 0. The van der Waals surface area contributed by atoms with Crippen LogP contribution in [0.1, 0.15) is 6.42 Å². The molecule has 0 amide bonds. The lowest BCUT2D eigenvalue weighted by molar-refractivity contribution is -0.140. The molecule has 0 aromatic carbocycles. The van der Waals surface area contributed by atoms with Crippen molar-refractivity contribution in [3.63, 3.8) is 0 Å². The summed E-state index contributed by atoms with van der Waals surface area (Å²) in [7, 11) is 0. The lowest BCUT2D eigenvalue weighted by Gasteiger charge is -2.18. The first kappa shape index (κ1) is 10.2. The largest absolute Gasteiger partial charge is 0.480 e. The minimum absolute atomic E-state index is 0.0949. The van der Waals surface area contributed by atoms with Crippen LogP contribution in [0.5, 0.6) is 0 Å². The summed E-state index contributed by atoms with van der Waals surface area (Å²) < 4.78 is 5.14. The number of rotatable bonds is 5. The molecule has 0 radical (unpaired) electrons. The molecular formula is C9H15NO3. The van der Waals surface area contributed by atoms with Gasteiger partial charge in [0.15, 0.2) is 0 Å². The molecule has 13 heavy (non-hydrogen) atoms. The number of carbonyl (C=O) groups is 1. The summed E-state index contributed by atoms with van der Waals surface area (Å²) in [5.41, 5.74) is 0. The standard InChI is InChI=1S/C9H15NO3/c1-2-4-10-8(9(11)12)7-3-5-13-6-7/h2,7-8,10H,1,3-6H2,(H,11,12). The lowest BCUT2D eigenvalue weighted by atomic mass is 9.99. The SMILES string of the molecule is C=CCNC(C(=O)O)C1CCOC1. The number of carboxylic acid groups (broad SMARTS) is 1. The average molecular weight is 185 g/mol. The fraction of sp³-hybridized carbons (Fsp3) is 0.667. The molecule has 0 spiro atoms. The highest BCUT2D eigenvalue weighted by molar-refractivity contribution is 5.74. The van der Waals surface area contributed by atoms with Gasteiger partial charge in [-0.1, -0.05) is 6.08 Å². The maximum absolute atomic E-state index is 10.8. The average Bonchev–Trinajstić information content (AvgIpc) is 2.57. The summed E-state index contributed by atoms with van der Waals surface area (Å²) in [6.45, 7) is 5.27. The van der Waals surface area contributed by atoms with Crippen molar-refractivity contribution < 1.29 is 14.6 Å². The van der Waals surface area contributed by atoms with Gasteiger partial charge >= 0.3 is 5.97 Å². The highest BCUT2D eigenvalue weighted by atomic mass is 16.5. The van der Waals surface area contributed by atoms with Crippen molar-refractivity contribution in [3.8, 4) is 0 Å². The van der Waals surface area contributed by atoms with E-state index in [0.29, 0.717) is 19.8 Å². The quantitative estimate of drug-likeness (QED) is 0.603. The molecule has 2 unspecified atom stereocenters. The van der Waals surface area contributed by atoms with E-state index in [2.05, 4.69) is 11.9 Å². The van der Waals surface area contributed by atoms with Crippen LogP contribution in [0.2, 0.25) is 0 Å². The Morgan fingerprint density at radius 2 is 2.62 bits per heavy atom. The summed E-state index contributed by atoms with van der Waals surface area (Å²) in [4.78, 5) is 10.8. The van der Waals surface area contributed by atoms with Gasteiger partial charge in [-0.15, -0.1) is 6.58 Å². The predicted molar refractivity (Wildman–Crippen MR) is 48.5 cm³/mol. The molecular weight excluding hydrogens is 170 g/mol. The van der Waals surface area contributed by atoms with Crippen molar-refractivity contribution in [1.29, 1.82) is 0 Å². The van der Waals surface area contributed by atoms with E-state index < -0.39 is 12.0 Å². The Morgan fingerprint density at radius 1 is 1.85 bits per heavy atom. The molecule has 4 nitrogen and oxygen atoms in total. The maximum atomic E-state index is 10.8. The van der Waals surface area contributed by atoms with E-state index in [1.54, 1.807) is 6.08 Å². The van der Waals surface area contributed by atoms with Crippen LogP contribution in [0.25, 0.3) is 0 Å². The smallest absolute Gasteiger partial charge is 0.321 e. The van der Waals surface area contributed by atoms with E-state index in [1.165, 1.54) is 0 Å². The van der Waals surface area contributed by atoms with Crippen LogP contribution in [0.15, 0.2) is 12.7 Å². The Bertz CT molecular complexity index is 187. The highest BCUT2D eigenvalue weighted by Gasteiger charge is 2.30. The second-order valence-corrected chi connectivity index (χ2v) is 3.14. The van der Waals surface area contributed by atoms with Crippen molar-refractivity contribution in [2.75, 3.05) is 19.8 Å². The summed E-state index contributed by atoms with van der Waals surface area (Å²) in [6, 6.07) is -0.500. The molecule has 0 aromatic heterocycles. The molecule has 0 aliphatic carbocycles. The Labute approximate surface area is 77.6 Å². The monoisotopic (exact) mass is 185 g/mol. The van der Waals surface area contributed by atoms with Crippen LogP contribution < -0.4 is 5.32 Å². The molecule has 1 aliphatic rings. The van der Waals surface area contributed by atoms with E-state index in [-0.39, 0.29) is 5.92 Å². The van der Waals surface area contributed by atoms with Crippen molar-refractivity contribution in [2.45, 2.75) is 12.5 Å². The summed E-state index contributed by atoms with van der Waals surface area (Å²) in [5.74, 6) is -0.713. The molecule has 1 fully saturated rings. The fourth-order valence-corrected chi connectivity index (χ4v) is 1.48. The lowest BCUT2D eigenvalue weighted by Crippen LogP contribution is -2.43. The van der Waals surface area contributed by atoms with Crippen molar-refractivity contribution >= 4 is 5.97 Å². The van der Waals surface area contributed by atoms with Gasteiger partial charge in [0.05, 0.1) is 6.61 Å². The third kappa shape index (κ3) is 2.82. The topological polar surface area (TPSA) is 58.6 Å². The number of aliphatic carboxylic acids is 1. The van der Waals surface area contributed by atoms with Gasteiger partial charge in [-0.25, -0.2) is 0 Å². The first-order valence-electron chi connectivity index (χ1n) is 4.40. The van der Waals surface area contributed by atoms with Gasteiger partial charge in [-0.3, -0.25) is 4.79 Å². The van der Waals surface area contributed by atoms with Crippen molar-refractivity contribution in [3.05, 3.63) is 12.7 Å². The molecule has 2 N–H and O–H groups in total. The second-order valence-electron chi connectivity index (χ2n) is 3.14. The Kier molecular flexibility index (Phi) is 3.92. The van der Waals surface area contributed by atoms with E-state index in [4.69, 9.17) is 9.84 Å². The van der Waals surface area contributed by atoms with Gasteiger partial charge in [0.1, 0.15) is 6.04 Å². The third-order valence-corrected chi connectivity index (χ3v) is 2.18. The van der Waals surface area contributed by atoms with Crippen LogP contribution in [0, 0.1) is 5.92 Å². The van der Waals surface area contributed by atoms with Gasteiger partial charge in [-0.2, -0.15) is 0 Å². The first-order chi connectivity index (χ1) is 6.25. The molecule has 1 saturated heterocycles. The predicted octanol–water partition coefficient (Wildman–Crippen LogP) is 0.252. The molecule has 2 atom stereocenters. The molecule has 1 rings (SSSR count). The molecule has 0 saturated carbocycles. The molecule has 1 heterocycles. The molecule has 1 aliphatic heterocycles. The maximum Gasteiger partial charge on any atom is 0.321 e. The van der Waals surface area contributed by atoms with Crippen molar-refractivity contribution in [1.82, 2.24) is 5.32 Å². The molecule has 4 heteroatoms. The summed E-state index contributed by atoms with van der Waals surface area (Å²) in [5, 5.41) is 11.8. The van der Waals surface area contributed by atoms with Gasteiger partial charge in [0.25, 0.3) is 0 Å². The number of hydrogen-bond donors (Lipinski definition) is 2. The number of carboxylic acids is 1. The van der Waals surface area contributed by atoms with Gasteiger partial charge in [-0.05, 0) is 6.42 Å². The van der Waals surface area contributed by atoms with E-state index >= 15 is 0 Å². The minimum atomic E-state index is -0.808. The van der Waals surface area contributed by atoms with Crippen LogP contribution in [-0.2, 0) is 9.53 Å². The number of hydrogen-bond acceptors (Lipinski definition) is 3. The number of ether oxygens (including phenoxy) is 1. The Hall–Kier alpha value is -0.870. The Balaban J connectivity index is 2.45. The highest BCUT2D eigenvalue weighted by Crippen LogP contribution is 2.16. The zero-order valence-electron chi connectivity index (χ0n) is 7.53. The van der Waals surface area contributed by atoms with Crippen LogP contribution >= 0.6 is 0 Å². The van der Waals surface area contributed by atoms with E-state index in [1.807, 2.05) is 0 Å². The first-order valence-corrected chi connectivity index (χ1v) is 4.40. The normalized spacial score (nSPS) is 24.2. The zero-order chi connectivity index (χ0) is 9.68.